The molecule has 0 spiro atoms. The molecule has 0 saturated heterocycles. The first-order valence-electron chi connectivity index (χ1n) is 7.13. The lowest BCUT2D eigenvalue weighted by molar-refractivity contribution is 0.138. The summed E-state index contributed by atoms with van der Waals surface area (Å²) in [5.41, 5.74) is 5.08. The molecule has 104 valence electrons. The highest BCUT2D eigenvalue weighted by Crippen LogP contribution is 2.37. The maximum Gasteiger partial charge on any atom is 0.123 e. The second kappa shape index (κ2) is 4.95. The fraction of sp³-hybridized carbons (Fsp3) is 0.333. The van der Waals surface area contributed by atoms with E-state index in [0.717, 1.165) is 18.7 Å². The number of hydrogen-bond acceptors (Lipinski definition) is 2. The van der Waals surface area contributed by atoms with E-state index in [1.165, 1.54) is 22.3 Å². The van der Waals surface area contributed by atoms with Crippen LogP contribution in [0.2, 0.25) is 0 Å². The Morgan fingerprint density at radius 2 is 1.90 bits per heavy atom. The topological polar surface area (TPSA) is 21.3 Å². The molecule has 3 rings (SSSR count). The summed E-state index contributed by atoms with van der Waals surface area (Å²) >= 11 is 0. The Kier molecular flexibility index (Phi) is 3.27. The third kappa shape index (κ3) is 2.56. The minimum Gasteiger partial charge on any atom is -0.487 e. The van der Waals surface area contributed by atoms with Gasteiger partial charge in [-0.3, -0.25) is 0 Å². The van der Waals surface area contributed by atoms with Crippen LogP contribution in [0.4, 0.5) is 0 Å². The van der Waals surface area contributed by atoms with Crippen molar-refractivity contribution in [1.82, 2.24) is 5.32 Å². The fourth-order valence-corrected chi connectivity index (χ4v) is 2.85. The first-order valence-corrected chi connectivity index (χ1v) is 7.13. The van der Waals surface area contributed by atoms with Crippen LogP contribution < -0.4 is 10.1 Å². The molecule has 2 nitrogen and oxygen atoms in total. The number of rotatable bonds is 3. The van der Waals surface area contributed by atoms with Crippen LogP contribution in [0.1, 0.15) is 25.0 Å². The average Bonchev–Trinajstić information content (AvgIpc) is 2.72. The normalized spacial score (nSPS) is 15.8. The van der Waals surface area contributed by atoms with E-state index in [2.05, 4.69) is 61.6 Å². The Morgan fingerprint density at radius 1 is 1.10 bits per heavy atom. The van der Waals surface area contributed by atoms with E-state index < -0.39 is 0 Å². The third-order valence-corrected chi connectivity index (χ3v) is 3.70. The van der Waals surface area contributed by atoms with Gasteiger partial charge >= 0.3 is 0 Å². The Morgan fingerprint density at radius 3 is 2.70 bits per heavy atom. The van der Waals surface area contributed by atoms with Crippen LogP contribution in [0.25, 0.3) is 11.1 Å². The Balaban J connectivity index is 1.94. The molecule has 0 fully saturated rings. The van der Waals surface area contributed by atoms with Crippen molar-refractivity contribution in [1.29, 1.82) is 0 Å². The highest BCUT2D eigenvalue weighted by atomic mass is 16.5. The average molecular weight is 267 g/mol. The molecule has 20 heavy (non-hydrogen) atoms. The van der Waals surface area contributed by atoms with Gasteiger partial charge in [0, 0.05) is 13.0 Å². The van der Waals surface area contributed by atoms with Crippen molar-refractivity contribution < 1.29 is 4.74 Å². The molecule has 1 aliphatic rings. The summed E-state index contributed by atoms with van der Waals surface area (Å²) in [5, 5.41) is 3.20. The molecular formula is C18H21NO. The largest absolute Gasteiger partial charge is 0.487 e. The summed E-state index contributed by atoms with van der Waals surface area (Å²) in [7, 11) is 1.97. The second-order valence-electron chi connectivity index (χ2n) is 6.09. The summed E-state index contributed by atoms with van der Waals surface area (Å²) in [6.07, 6.45) is 0.979. The fourth-order valence-electron chi connectivity index (χ4n) is 2.85. The Bertz CT molecular complexity index is 631. The standard InChI is InChI=1S/C18H21NO/c1-18(2)11-16-10-15(7-8-17(16)20-18)14-6-4-5-13(9-14)12-19-3/h4-10,19H,11-12H2,1-3H3. The van der Waals surface area contributed by atoms with Gasteiger partial charge in [0.15, 0.2) is 0 Å². The molecule has 0 aliphatic carbocycles. The molecule has 2 aromatic rings. The molecule has 1 N–H and O–H groups in total. The van der Waals surface area contributed by atoms with Gasteiger partial charge in [0.2, 0.25) is 0 Å². The number of nitrogens with one attached hydrogen (secondary N) is 1. The molecule has 2 aromatic carbocycles. The highest BCUT2D eigenvalue weighted by Gasteiger charge is 2.29. The van der Waals surface area contributed by atoms with Gasteiger partial charge in [-0.25, -0.2) is 0 Å². The van der Waals surface area contributed by atoms with Gasteiger partial charge in [-0.1, -0.05) is 24.3 Å². The lowest BCUT2D eigenvalue weighted by Gasteiger charge is -2.16. The van der Waals surface area contributed by atoms with Gasteiger partial charge in [0.05, 0.1) is 0 Å². The predicted molar refractivity (Wildman–Crippen MR) is 83.1 cm³/mol. The zero-order chi connectivity index (χ0) is 14.2. The number of ether oxygens (including phenoxy) is 1. The minimum absolute atomic E-state index is 0.0745. The van der Waals surface area contributed by atoms with Crippen LogP contribution in [0.3, 0.4) is 0 Å². The summed E-state index contributed by atoms with van der Waals surface area (Å²) in [5.74, 6) is 1.03. The van der Waals surface area contributed by atoms with E-state index in [-0.39, 0.29) is 5.60 Å². The number of hydrogen-bond donors (Lipinski definition) is 1. The lowest BCUT2D eigenvalue weighted by Crippen LogP contribution is -2.24. The summed E-state index contributed by atoms with van der Waals surface area (Å²) in [4.78, 5) is 0. The van der Waals surface area contributed by atoms with Crippen molar-refractivity contribution in [3.05, 3.63) is 53.6 Å². The van der Waals surface area contributed by atoms with Crippen molar-refractivity contribution >= 4 is 0 Å². The SMILES string of the molecule is CNCc1cccc(-c2ccc3c(c2)CC(C)(C)O3)c1. The third-order valence-electron chi connectivity index (χ3n) is 3.70. The first kappa shape index (κ1) is 13.2. The molecule has 0 unspecified atom stereocenters. The van der Waals surface area contributed by atoms with Gasteiger partial charge in [-0.15, -0.1) is 0 Å². The van der Waals surface area contributed by atoms with Crippen LogP contribution in [-0.2, 0) is 13.0 Å². The van der Waals surface area contributed by atoms with Crippen molar-refractivity contribution in [2.75, 3.05) is 7.05 Å². The summed E-state index contributed by atoms with van der Waals surface area (Å²) < 4.78 is 5.94. The predicted octanol–water partition coefficient (Wildman–Crippen LogP) is 3.79. The van der Waals surface area contributed by atoms with Crippen molar-refractivity contribution in [3.8, 4) is 16.9 Å². The smallest absolute Gasteiger partial charge is 0.123 e. The first-order chi connectivity index (χ1) is 9.57. The summed E-state index contributed by atoms with van der Waals surface area (Å²) in [6, 6.07) is 15.2. The number of fused-ring (bicyclic) bond motifs is 1. The molecule has 0 radical (unpaired) electrons. The van der Waals surface area contributed by atoms with Crippen LogP contribution in [0.15, 0.2) is 42.5 Å². The molecule has 1 heterocycles. The summed E-state index contributed by atoms with van der Waals surface area (Å²) in [6.45, 7) is 5.18. The molecule has 0 aromatic heterocycles. The maximum absolute atomic E-state index is 5.94. The monoisotopic (exact) mass is 267 g/mol. The van der Waals surface area contributed by atoms with E-state index in [4.69, 9.17) is 4.74 Å². The van der Waals surface area contributed by atoms with E-state index in [0.29, 0.717) is 0 Å². The lowest BCUT2D eigenvalue weighted by atomic mass is 9.97. The van der Waals surface area contributed by atoms with E-state index in [1.54, 1.807) is 0 Å². The van der Waals surface area contributed by atoms with Crippen LogP contribution >= 0.6 is 0 Å². The van der Waals surface area contributed by atoms with Gasteiger partial charge in [-0.05, 0) is 61.3 Å². The molecule has 2 heteroatoms. The van der Waals surface area contributed by atoms with E-state index in [9.17, 15) is 0 Å². The minimum atomic E-state index is -0.0745. The Labute approximate surface area is 120 Å². The molecule has 0 amide bonds. The van der Waals surface area contributed by atoms with E-state index in [1.807, 2.05) is 7.05 Å². The van der Waals surface area contributed by atoms with Crippen LogP contribution in [-0.4, -0.2) is 12.6 Å². The molecule has 0 bridgehead atoms. The Hall–Kier alpha value is -1.80. The van der Waals surface area contributed by atoms with Gasteiger partial charge in [0.1, 0.15) is 11.4 Å². The van der Waals surface area contributed by atoms with Crippen molar-refractivity contribution in [3.63, 3.8) is 0 Å². The quantitative estimate of drug-likeness (QED) is 0.913. The van der Waals surface area contributed by atoms with Gasteiger partial charge < -0.3 is 10.1 Å². The molecular weight excluding hydrogens is 246 g/mol. The zero-order valence-electron chi connectivity index (χ0n) is 12.4. The molecule has 1 aliphatic heterocycles. The number of benzene rings is 2. The van der Waals surface area contributed by atoms with Crippen LogP contribution in [0, 0.1) is 0 Å². The van der Waals surface area contributed by atoms with Crippen molar-refractivity contribution in [2.45, 2.75) is 32.4 Å². The van der Waals surface area contributed by atoms with Gasteiger partial charge in [-0.2, -0.15) is 0 Å². The maximum atomic E-state index is 5.94. The van der Waals surface area contributed by atoms with Gasteiger partial charge in [0.25, 0.3) is 0 Å². The molecule has 0 atom stereocenters. The van der Waals surface area contributed by atoms with Crippen LogP contribution in [0.5, 0.6) is 5.75 Å². The zero-order valence-corrected chi connectivity index (χ0v) is 12.4. The van der Waals surface area contributed by atoms with E-state index >= 15 is 0 Å². The molecule has 0 saturated carbocycles. The van der Waals surface area contributed by atoms with Crippen molar-refractivity contribution in [2.24, 2.45) is 0 Å². The highest BCUT2D eigenvalue weighted by molar-refractivity contribution is 5.67. The second-order valence-corrected chi connectivity index (χ2v) is 6.09.